The number of halogens is 1. The molecule has 17 atom stereocenters. The van der Waals surface area contributed by atoms with Crippen LogP contribution in [0.1, 0.15) is 96.3 Å². The van der Waals surface area contributed by atoms with Crippen molar-refractivity contribution in [2.75, 3.05) is 0 Å². The van der Waals surface area contributed by atoms with Gasteiger partial charge in [0.15, 0.2) is 0 Å². The molecule has 258 valence electrons. The molecule has 14 heteroatoms. The molecule has 9 fully saturated rings. The molecule has 0 aromatic rings. The first-order valence-electron chi connectivity index (χ1n) is 18.7. The molecule has 0 aromatic heterocycles. The minimum absolute atomic E-state index is 0.00716. The van der Waals surface area contributed by atoms with Crippen molar-refractivity contribution in [2.45, 2.75) is 152 Å². The average molecular weight is 695 g/mol. The molecule has 4 saturated carbocycles. The Morgan fingerprint density at radius 1 is 0.413 bits per heavy atom. The van der Waals surface area contributed by atoms with E-state index in [1.807, 2.05) is 0 Å². The third-order valence-electron chi connectivity index (χ3n) is 14.0. The topological polar surface area (TPSA) is 140 Å². The van der Waals surface area contributed by atoms with Crippen LogP contribution < -0.4 is 42.5 Å². The van der Waals surface area contributed by atoms with Gasteiger partial charge in [-0.1, -0.05) is 44.9 Å². The van der Waals surface area contributed by atoms with Gasteiger partial charge in [0, 0.05) is 12.0 Å². The summed E-state index contributed by atoms with van der Waals surface area (Å²) in [5.74, 6) is 4.16. The molecule has 0 amide bonds. The monoisotopic (exact) mass is 694 g/mol. The summed E-state index contributed by atoms with van der Waals surface area (Å²) in [5.41, 5.74) is 0. The van der Waals surface area contributed by atoms with Crippen LogP contribution in [-0.4, -0.2) is 70.8 Å². The Kier molecular flexibility index (Phi) is 10.6. The Bertz CT molecular complexity index is 1130. The fourth-order valence-electron chi connectivity index (χ4n) is 12.2. The molecule has 11 nitrogen and oxygen atoms in total. The van der Waals surface area contributed by atoms with Crippen LogP contribution in [0.2, 0.25) is 0 Å². The van der Waals surface area contributed by atoms with Crippen LogP contribution in [-0.2, 0) is 23.6 Å². The molecule has 8 bridgehead atoms. The first kappa shape index (κ1) is 33.6. The van der Waals surface area contributed by atoms with Crippen LogP contribution in [0, 0.1) is 47.3 Å². The molecule has 8 N–H and O–H groups in total. The van der Waals surface area contributed by atoms with E-state index in [2.05, 4.69) is 52.6 Å². The van der Waals surface area contributed by atoms with E-state index >= 15 is 0 Å². The molecule has 46 heavy (non-hydrogen) atoms. The van der Waals surface area contributed by atoms with Gasteiger partial charge in [-0.15, -0.1) is 0 Å². The Balaban J connectivity index is 0.00000153. The standard InChI is InChI=1S/C32H55N8O3S.Al.ClH.H/c41-44(42)43-23-15-7-14-22-24(23)32-39-30-21-13-6-5-12-20(21)28(37-30)35-26-17-9-2-1-8-16(17)25(33-26)34-27-18-10-3-4-11-19(18)29(36-27)38-31(22)40-32;;;/h16-40H,1-15H2;;1H;/q-1;+2;;/p-1. The fraction of sp³-hybridized carbons (Fsp3) is 1.00. The van der Waals surface area contributed by atoms with Gasteiger partial charge >= 0.3 is 25.4 Å². The summed E-state index contributed by atoms with van der Waals surface area (Å²) in [4.78, 5) is 0. The van der Waals surface area contributed by atoms with Crippen molar-refractivity contribution in [3.8, 4) is 0 Å². The van der Waals surface area contributed by atoms with Crippen LogP contribution in [0.3, 0.4) is 0 Å². The van der Waals surface area contributed by atoms with Gasteiger partial charge in [0.2, 0.25) is 0 Å². The first-order chi connectivity index (χ1) is 22.6. The number of fused-ring (bicyclic) bond motifs is 20. The molecule has 17 unspecified atom stereocenters. The van der Waals surface area contributed by atoms with Gasteiger partial charge in [-0.2, -0.15) is 0 Å². The van der Waals surface area contributed by atoms with E-state index < -0.39 is 11.0 Å². The zero-order valence-electron chi connectivity index (χ0n) is 27.1. The van der Waals surface area contributed by atoms with Crippen LogP contribution in [0.25, 0.3) is 0 Å². The van der Waals surface area contributed by atoms with Crippen molar-refractivity contribution >= 4 is 36.4 Å². The quantitative estimate of drug-likeness (QED) is 0.159. The van der Waals surface area contributed by atoms with Crippen molar-refractivity contribution in [3.05, 3.63) is 0 Å². The molecule has 0 radical (unpaired) electrons. The number of rotatable bonds is 2. The Morgan fingerprint density at radius 3 is 1.02 bits per heavy atom. The van der Waals surface area contributed by atoms with Gasteiger partial charge < -0.3 is 12.6 Å². The number of nitrogens with one attached hydrogen (secondary N) is 8. The van der Waals surface area contributed by atoms with Gasteiger partial charge in [-0.3, -0.25) is 42.5 Å². The van der Waals surface area contributed by atoms with E-state index in [0.717, 1.165) is 19.3 Å². The van der Waals surface area contributed by atoms with Crippen molar-refractivity contribution < 1.29 is 12.6 Å². The Hall–Kier alpha value is 0.412. The molecule has 9 rings (SSSR count). The molecule has 5 saturated heterocycles. The van der Waals surface area contributed by atoms with Crippen LogP contribution >= 0.6 is 10.0 Å². The molecular formula is C32H56AlClN8O3S. The summed E-state index contributed by atoms with van der Waals surface area (Å²) in [5, 5.41) is 32.9. The normalized spacial score (nSPS) is 52.9. The molecular weight excluding hydrogens is 639 g/mol. The zero-order valence-corrected chi connectivity index (χ0v) is 30.1. The van der Waals surface area contributed by atoms with Crippen LogP contribution in [0.4, 0.5) is 0 Å². The second-order valence-electron chi connectivity index (χ2n) is 16.0. The SMILES string of the molecule is O=[S-](=O)OC1CCCC2C3NC4NC(NC5NC(NC6NC(NC(N3)C12)C1CCCCC61)C1CCCCC51)C1CCCCC41.[AlH+][Cl]. The molecule has 5 aliphatic heterocycles. The van der Waals surface area contributed by atoms with Gasteiger partial charge in [0.25, 0.3) is 0 Å². The van der Waals surface area contributed by atoms with E-state index in [9.17, 15) is 8.42 Å². The summed E-state index contributed by atoms with van der Waals surface area (Å²) in [6, 6.07) is 0. The van der Waals surface area contributed by atoms with E-state index in [4.69, 9.17) is 4.18 Å². The van der Waals surface area contributed by atoms with Crippen LogP contribution in [0.15, 0.2) is 0 Å². The Morgan fingerprint density at radius 2 is 0.696 bits per heavy atom. The van der Waals surface area contributed by atoms with Crippen molar-refractivity contribution in [1.82, 2.24) is 42.5 Å². The van der Waals surface area contributed by atoms with Crippen LogP contribution in [0.5, 0.6) is 0 Å². The second kappa shape index (κ2) is 14.6. The second-order valence-corrected chi connectivity index (χ2v) is 16.6. The van der Waals surface area contributed by atoms with E-state index in [1.165, 1.54) is 92.4 Å². The van der Waals surface area contributed by atoms with Gasteiger partial charge in [0.05, 0.1) is 60.3 Å². The summed E-state index contributed by atoms with van der Waals surface area (Å²) < 4.78 is 29.3. The summed E-state index contributed by atoms with van der Waals surface area (Å²) in [7, 11) is 2.16. The molecule has 5 heterocycles. The predicted molar refractivity (Wildman–Crippen MR) is 179 cm³/mol. The third kappa shape index (κ3) is 6.28. The number of hydrogen-bond donors (Lipinski definition) is 8. The fourth-order valence-corrected chi connectivity index (χ4v) is 12.6. The summed E-state index contributed by atoms with van der Waals surface area (Å²) in [6.07, 6.45) is 20.0. The predicted octanol–water partition coefficient (Wildman–Crippen LogP) is 1.87. The number of hydrogen-bond acceptors (Lipinski definition) is 12. The van der Waals surface area contributed by atoms with E-state index in [1.54, 1.807) is 0 Å². The van der Waals surface area contributed by atoms with Crippen molar-refractivity contribution in [1.29, 1.82) is 0 Å². The van der Waals surface area contributed by atoms with Gasteiger partial charge in [0.1, 0.15) is 0 Å². The average Bonchev–Trinajstić information content (AvgIpc) is 3.81. The van der Waals surface area contributed by atoms with Crippen molar-refractivity contribution in [2.24, 2.45) is 47.3 Å². The minimum atomic E-state index is -2.51. The molecule has 0 spiro atoms. The molecule has 0 aromatic carbocycles. The third-order valence-corrected chi connectivity index (χ3v) is 14.4. The van der Waals surface area contributed by atoms with E-state index in [0.29, 0.717) is 59.9 Å². The van der Waals surface area contributed by atoms with Gasteiger partial charge in [-0.25, -0.2) is 0 Å². The molecule has 4 aliphatic carbocycles. The van der Waals surface area contributed by atoms with E-state index in [-0.39, 0.29) is 42.9 Å². The van der Waals surface area contributed by atoms with Gasteiger partial charge in [-0.05, 0) is 92.8 Å². The maximum absolute atomic E-state index is 11.8. The molecule has 9 aliphatic rings. The Labute approximate surface area is 289 Å². The summed E-state index contributed by atoms with van der Waals surface area (Å²) in [6.45, 7) is 0. The summed E-state index contributed by atoms with van der Waals surface area (Å²) >= 11 is 1.33. The maximum atomic E-state index is 11.8. The van der Waals surface area contributed by atoms with Crippen molar-refractivity contribution in [3.63, 3.8) is 0 Å². The first-order valence-corrected chi connectivity index (χ1v) is 21.9. The zero-order chi connectivity index (χ0) is 31.4.